The quantitative estimate of drug-likeness (QED) is 0.307. The Labute approximate surface area is 213 Å². The van der Waals surface area contributed by atoms with Crippen molar-refractivity contribution in [1.29, 1.82) is 0 Å². The molecule has 2 aromatic heterocycles. The van der Waals surface area contributed by atoms with Gasteiger partial charge in [-0.2, -0.15) is 0 Å². The third kappa shape index (κ3) is 4.69. The van der Waals surface area contributed by atoms with Gasteiger partial charge in [0.05, 0.1) is 34.4 Å². The lowest BCUT2D eigenvalue weighted by atomic mass is 10.0. The van der Waals surface area contributed by atoms with Crippen LogP contribution >= 0.6 is 15.9 Å². The molecule has 1 saturated carbocycles. The van der Waals surface area contributed by atoms with Crippen molar-refractivity contribution in [2.24, 2.45) is 5.41 Å². The predicted octanol–water partition coefficient (Wildman–Crippen LogP) is 5.08. The number of amides is 2. The molecule has 1 fully saturated rings. The molecule has 2 aromatic carbocycles. The average Bonchev–Trinajstić information content (AvgIpc) is 3.69. The molecule has 0 bridgehead atoms. The Bertz CT molecular complexity index is 1460. The van der Waals surface area contributed by atoms with Crippen LogP contribution in [0, 0.1) is 11.2 Å². The van der Waals surface area contributed by atoms with Crippen LogP contribution in [0.4, 0.5) is 15.8 Å². The summed E-state index contributed by atoms with van der Waals surface area (Å²) in [5, 5.41) is 6.07. The van der Waals surface area contributed by atoms with E-state index in [0.717, 1.165) is 4.47 Å². The third-order valence-corrected chi connectivity index (χ3v) is 6.41. The van der Waals surface area contributed by atoms with Crippen LogP contribution in [0.2, 0.25) is 0 Å². The Kier molecular flexibility index (Phi) is 6.23. The van der Waals surface area contributed by atoms with Gasteiger partial charge in [0.25, 0.3) is 0 Å². The topological polar surface area (TPSA) is 115 Å². The minimum atomic E-state index is -1.17. The lowest BCUT2D eigenvalue weighted by Gasteiger charge is -2.15. The van der Waals surface area contributed by atoms with Gasteiger partial charge >= 0.3 is 0 Å². The number of fused-ring (bicyclic) bond motifs is 1. The number of ether oxygens (including phenoxy) is 2. The number of anilines is 2. The molecule has 2 N–H and O–H groups in total. The monoisotopic (exact) mass is 551 g/mol. The van der Waals surface area contributed by atoms with Crippen LogP contribution in [0.5, 0.6) is 17.5 Å². The normalized spacial score (nSPS) is 13.6. The van der Waals surface area contributed by atoms with E-state index in [4.69, 9.17) is 9.47 Å². The number of nitrogens with one attached hydrogen (secondary N) is 2. The van der Waals surface area contributed by atoms with Crippen LogP contribution in [0.1, 0.15) is 12.8 Å². The summed E-state index contributed by atoms with van der Waals surface area (Å²) in [6.07, 6.45) is 3.65. The second-order valence-electron chi connectivity index (χ2n) is 8.17. The van der Waals surface area contributed by atoms with Gasteiger partial charge in [-0.15, -0.1) is 0 Å². The third-order valence-electron chi connectivity index (χ3n) is 5.79. The molecule has 182 valence electrons. The van der Waals surface area contributed by atoms with Gasteiger partial charge in [-0.1, -0.05) is 0 Å². The highest BCUT2D eigenvalue weighted by atomic mass is 79.9. The number of halogens is 2. The van der Waals surface area contributed by atoms with E-state index in [2.05, 4.69) is 41.5 Å². The fraction of sp³-hybridized carbons (Fsp3) is 0.160. The largest absolute Gasteiger partial charge is 0.495 e. The number of rotatable bonds is 7. The van der Waals surface area contributed by atoms with Crippen LogP contribution in [-0.4, -0.2) is 33.9 Å². The number of nitrogens with zero attached hydrogens (tertiary/aromatic N) is 3. The summed E-state index contributed by atoms with van der Waals surface area (Å²) in [5.74, 6) is -0.0776. The van der Waals surface area contributed by atoms with E-state index < -0.39 is 23.0 Å². The first-order valence-electron chi connectivity index (χ1n) is 10.9. The fourth-order valence-electron chi connectivity index (χ4n) is 3.60. The van der Waals surface area contributed by atoms with Crippen molar-refractivity contribution in [2.75, 3.05) is 17.7 Å². The highest BCUT2D eigenvalue weighted by Crippen LogP contribution is 2.47. The van der Waals surface area contributed by atoms with Crippen LogP contribution in [0.3, 0.4) is 0 Å². The summed E-state index contributed by atoms with van der Waals surface area (Å²) >= 11 is 3.45. The average molecular weight is 552 g/mol. The zero-order valence-corrected chi connectivity index (χ0v) is 20.5. The summed E-state index contributed by atoms with van der Waals surface area (Å²) in [4.78, 5) is 38.3. The molecule has 5 rings (SSSR count). The number of hydrogen-bond acceptors (Lipinski definition) is 7. The van der Waals surface area contributed by atoms with Crippen LogP contribution < -0.4 is 20.1 Å². The molecule has 2 heterocycles. The number of aromatic nitrogens is 3. The van der Waals surface area contributed by atoms with Crippen LogP contribution in [0.15, 0.2) is 65.5 Å². The van der Waals surface area contributed by atoms with E-state index in [1.54, 1.807) is 31.4 Å². The number of hydrogen-bond donors (Lipinski definition) is 2. The van der Waals surface area contributed by atoms with Crippen molar-refractivity contribution in [3.05, 3.63) is 71.3 Å². The lowest BCUT2D eigenvalue weighted by Crippen LogP contribution is -2.35. The molecule has 1 aliphatic carbocycles. The molecule has 9 nitrogen and oxygen atoms in total. The molecular formula is C25H19BrFN5O4. The zero-order chi connectivity index (χ0) is 25.3. The molecule has 2 amide bonds. The summed E-state index contributed by atoms with van der Waals surface area (Å²) in [6.45, 7) is 0. The Morgan fingerprint density at radius 2 is 1.67 bits per heavy atom. The second kappa shape index (κ2) is 9.50. The van der Waals surface area contributed by atoms with Gasteiger partial charge in [-0.05, 0) is 65.2 Å². The molecule has 0 radical (unpaired) electrons. The van der Waals surface area contributed by atoms with Crippen molar-refractivity contribution in [3.63, 3.8) is 0 Å². The number of benzene rings is 2. The minimum Gasteiger partial charge on any atom is -0.495 e. The number of carbonyl (C=O) groups excluding carboxylic acids is 2. The van der Waals surface area contributed by atoms with E-state index in [9.17, 15) is 14.0 Å². The molecule has 0 atom stereocenters. The zero-order valence-electron chi connectivity index (χ0n) is 18.9. The Balaban J connectivity index is 1.26. The van der Waals surface area contributed by atoms with E-state index in [1.165, 1.54) is 36.8 Å². The van der Waals surface area contributed by atoms with Crippen molar-refractivity contribution < 1.29 is 23.5 Å². The van der Waals surface area contributed by atoms with E-state index in [0.29, 0.717) is 46.7 Å². The standard InChI is InChI=1S/C25H19BrFN5O4/c1-35-20-11-19-17(10-18(20)26)22(30-13-29-19)36-21-7-6-16(12-28-21)32-24(34)25(8-9-25)23(33)31-15-4-2-14(27)3-5-15/h2-7,10-13H,8-9H2,1H3,(H,31,33)(H,32,34). The number of carbonyl (C=O) groups is 2. The van der Waals surface area contributed by atoms with Gasteiger partial charge in [0, 0.05) is 17.8 Å². The number of methoxy groups -OCH3 is 1. The van der Waals surface area contributed by atoms with Crippen molar-refractivity contribution in [3.8, 4) is 17.5 Å². The second-order valence-corrected chi connectivity index (χ2v) is 9.02. The smallest absolute Gasteiger partial charge is 0.240 e. The fourth-order valence-corrected chi connectivity index (χ4v) is 4.11. The van der Waals surface area contributed by atoms with Gasteiger partial charge < -0.3 is 20.1 Å². The van der Waals surface area contributed by atoms with Gasteiger partial charge in [0.15, 0.2) is 0 Å². The first-order chi connectivity index (χ1) is 17.4. The van der Waals surface area contributed by atoms with E-state index in [1.807, 2.05) is 0 Å². The molecule has 0 saturated heterocycles. The lowest BCUT2D eigenvalue weighted by molar-refractivity contribution is -0.131. The predicted molar refractivity (Wildman–Crippen MR) is 133 cm³/mol. The molecule has 0 unspecified atom stereocenters. The van der Waals surface area contributed by atoms with E-state index >= 15 is 0 Å². The maximum Gasteiger partial charge on any atom is 0.240 e. The maximum absolute atomic E-state index is 13.1. The Hall–Kier alpha value is -4.12. The van der Waals surface area contributed by atoms with Gasteiger partial charge in [-0.25, -0.2) is 19.3 Å². The van der Waals surface area contributed by atoms with Crippen LogP contribution in [0.25, 0.3) is 10.9 Å². The Morgan fingerprint density at radius 1 is 0.972 bits per heavy atom. The summed E-state index contributed by atoms with van der Waals surface area (Å²) < 4.78 is 25.0. The van der Waals surface area contributed by atoms with Crippen molar-refractivity contribution in [1.82, 2.24) is 15.0 Å². The first-order valence-corrected chi connectivity index (χ1v) is 11.7. The van der Waals surface area contributed by atoms with Crippen LogP contribution in [-0.2, 0) is 9.59 Å². The summed E-state index contributed by atoms with van der Waals surface area (Å²) in [5.41, 5.74) is 0.301. The highest BCUT2D eigenvalue weighted by Gasteiger charge is 2.56. The maximum atomic E-state index is 13.1. The molecule has 0 aliphatic heterocycles. The molecule has 36 heavy (non-hydrogen) atoms. The SMILES string of the molecule is COc1cc2ncnc(Oc3ccc(NC(=O)C4(C(=O)Nc5ccc(F)cc5)CC4)cn3)c2cc1Br. The molecule has 4 aromatic rings. The van der Waals surface area contributed by atoms with Crippen molar-refractivity contribution >= 4 is 50.0 Å². The molecule has 11 heteroatoms. The summed E-state index contributed by atoms with van der Waals surface area (Å²) in [7, 11) is 1.57. The summed E-state index contributed by atoms with van der Waals surface area (Å²) in [6, 6.07) is 12.1. The highest BCUT2D eigenvalue weighted by molar-refractivity contribution is 9.10. The minimum absolute atomic E-state index is 0.259. The van der Waals surface area contributed by atoms with Crippen molar-refractivity contribution in [2.45, 2.75) is 12.8 Å². The van der Waals surface area contributed by atoms with Gasteiger partial charge in [0.2, 0.25) is 23.6 Å². The molecule has 1 aliphatic rings. The first kappa shape index (κ1) is 23.6. The van der Waals surface area contributed by atoms with Gasteiger partial charge in [-0.3, -0.25) is 9.59 Å². The Morgan fingerprint density at radius 3 is 2.31 bits per heavy atom. The molecule has 0 spiro atoms. The van der Waals surface area contributed by atoms with E-state index in [-0.39, 0.29) is 5.88 Å². The number of pyridine rings is 1. The van der Waals surface area contributed by atoms with Gasteiger partial charge in [0.1, 0.15) is 23.3 Å². The molecular weight excluding hydrogens is 533 g/mol.